The molecular weight excluding hydrogens is 441 g/mol. The van der Waals surface area contributed by atoms with Gasteiger partial charge in [-0.2, -0.15) is 0 Å². The molecule has 3 aromatic rings. The molecule has 0 spiro atoms. The number of hydrogen-bond donors (Lipinski definition) is 2. The quantitative estimate of drug-likeness (QED) is 0.531. The van der Waals surface area contributed by atoms with E-state index in [1.54, 1.807) is 23.6 Å². The monoisotopic (exact) mass is 467 g/mol. The van der Waals surface area contributed by atoms with Gasteiger partial charge in [-0.15, -0.1) is 11.3 Å². The van der Waals surface area contributed by atoms with Crippen LogP contribution in [0, 0.1) is 12.7 Å². The molecule has 0 atom stereocenters. The van der Waals surface area contributed by atoms with Gasteiger partial charge in [0.2, 0.25) is 0 Å². The number of nitrogens with one attached hydrogen (secondary N) is 2. The molecule has 0 radical (unpaired) electrons. The average Bonchev–Trinajstić information content (AvgIpc) is 3.29. The minimum Gasteiger partial charge on any atom is -0.483 e. The van der Waals surface area contributed by atoms with E-state index in [9.17, 15) is 14.0 Å². The van der Waals surface area contributed by atoms with Crippen LogP contribution >= 0.6 is 11.3 Å². The van der Waals surface area contributed by atoms with Crippen molar-refractivity contribution in [1.82, 2.24) is 15.6 Å². The third-order valence-electron chi connectivity index (χ3n) is 5.68. The van der Waals surface area contributed by atoms with Gasteiger partial charge in [-0.05, 0) is 56.9 Å². The molecule has 1 fully saturated rings. The van der Waals surface area contributed by atoms with Gasteiger partial charge in [-0.25, -0.2) is 9.37 Å². The van der Waals surface area contributed by atoms with Gasteiger partial charge in [0, 0.05) is 23.0 Å². The number of rotatable bonds is 7. The molecule has 0 bridgehead atoms. The summed E-state index contributed by atoms with van der Waals surface area (Å²) in [7, 11) is 0. The Morgan fingerprint density at radius 3 is 2.30 bits per heavy atom. The van der Waals surface area contributed by atoms with Crippen LogP contribution in [0.3, 0.4) is 0 Å². The van der Waals surface area contributed by atoms with E-state index >= 15 is 0 Å². The SMILES string of the molecule is Cc1ccc(C(=O)NC2CCC(NC(=O)c3csc(COc4ccccc4F)n3)CC2)cc1. The molecule has 1 saturated carbocycles. The van der Waals surface area contributed by atoms with Crippen LogP contribution in [0.2, 0.25) is 0 Å². The Morgan fingerprint density at radius 2 is 1.64 bits per heavy atom. The van der Waals surface area contributed by atoms with Gasteiger partial charge in [0.05, 0.1) is 0 Å². The zero-order chi connectivity index (χ0) is 23.2. The average molecular weight is 468 g/mol. The number of hydrogen-bond acceptors (Lipinski definition) is 5. The summed E-state index contributed by atoms with van der Waals surface area (Å²) < 4.78 is 19.1. The van der Waals surface area contributed by atoms with Gasteiger partial charge in [0.1, 0.15) is 17.3 Å². The van der Waals surface area contributed by atoms with Gasteiger partial charge in [-0.3, -0.25) is 9.59 Å². The lowest BCUT2D eigenvalue weighted by Crippen LogP contribution is -2.43. The van der Waals surface area contributed by atoms with Crippen molar-refractivity contribution in [3.63, 3.8) is 0 Å². The number of aromatic nitrogens is 1. The molecular formula is C25H26FN3O3S. The van der Waals surface area contributed by atoms with E-state index < -0.39 is 5.82 Å². The Kier molecular flexibility index (Phi) is 7.34. The number of para-hydroxylation sites is 1. The predicted molar refractivity (Wildman–Crippen MR) is 125 cm³/mol. The number of thiazole rings is 1. The smallest absolute Gasteiger partial charge is 0.270 e. The summed E-state index contributed by atoms with van der Waals surface area (Å²) in [5.74, 6) is -0.562. The van der Waals surface area contributed by atoms with Crippen LogP contribution in [0.15, 0.2) is 53.9 Å². The summed E-state index contributed by atoms with van der Waals surface area (Å²) >= 11 is 1.30. The van der Waals surface area contributed by atoms with Crippen molar-refractivity contribution in [3.05, 3.63) is 81.6 Å². The van der Waals surface area contributed by atoms with Gasteiger partial charge < -0.3 is 15.4 Å². The number of amides is 2. The summed E-state index contributed by atoms with van der Waals surface area (Å²) in [6.07, 6.45) is 3.19. The highest BCUT2D eigenvalue weighted by Crippen LogP contribution is 2.21. The molecule has 1 aliphatic rings. The summed E-state index contributed by atoms with van der Waals surface area (Å²) in [6, 6.07) is 13.9. The van der Waals surface area contributed by atoms with Crippen molar-refractivity contribution in [1.29, 1.82) is 0 Å². The van der Waals surface area contributed by atoms with E-state index in [4.69, 9.17) is 4.74 Å². The minimum absolute atomic E-state index is 0.0461. The number of benzene rings is 2. The van der Waals surface area contributed by atoms with Gasteiger partial charge in [-0.1, -0.05) is 29.8 Å². The van der Waals surface area contributed by atoms with E-state index in [0.717, 1.165) is 31.2 Å². The molecule has 1 aliphatic carbocycles. The van der Waals surface area contributed by atoms with Gasteiger partial charge >= 0.3 is 0 Å². The molecule has 2 amide bonds. The summed E-state index contributed by atoms with van der Waals surface area (Å²) in [5.41, 5.74) is 2.11. The number of nitrogens with zero attached hydrogens (tertiary/aromatic N) is 1. The van der Waals surface area contributed by atoms with E-state index in [-0.39, 0.29) is 36.3 Å². The zero-order valence-corrected chi connectivity index (χ0v) is 19.2. The van der Waals surface area contributed by atoms with Crippen molar-refractivity contribution in [3.8, 4) is 5.75 Å². The molecule has 33 heavy (non-hydrogen) atoms. The highest BCUT2D eigenvalue weighted by Gasteiger charge is 2.25. The first-order valence-electron chi connectivity index (χ1n) is 11.0. The van der Waals surface area contributed by atoms with Crippen molar-refractivity contribution in [2.24, 2.45) is 0 Å². The lowest BCUT2D eigenvalue weighted by molar-refractivity contribution is 0.0889. The maximum absolute atomic E-state index is 13.7. The lowest BCUT2D eigenvalue weighted by atomic mass is 9.91. The second kappa shape index (κ2) is 10.6. The Labute approximate surface area is 196 Å². The van der Waals surface area contributed by atoms with E-state index in [0.29, 0.717) is 16.3 Å². The van der Waals surface area contributed by atoms with Crippen LogP contribution in [-0.2, 0) is 6.61 Å². The molecule has 172 valence electrons. The van der Waals surface area contributed by atoms with Crippen LogP contribution in [0.4, 0.5) is 4.39 Å². The second-order valence-electron chi connectivity index (χ2n) is 8.21. The highest BCUT2D eigenvalue weighted by molar-refractivity contribution is 7.09. The van der Waals surface area contributed by atoms with Gasteiger partial charge in [0.15, 0.2) is 11.6 Å². The zero-order valence-electron chi connectivity index (χ0n) is 18.3. The minimum atomic E-state index is -0.433. The summed E-state index contributed by atoms with van der Waals surface area (Å²) in [6.45, 7) is 2.09. The molecule has 4 rings (SSSR count). The Bertz CT molecular complexity index is 1110. The number of ether oxygens (including phenoxy) is 1. The van der Waals surface area contributed by atoms with E-state index in [1.165, 1.54) is 17.4 Å². The van der Waals surface area contributed by atoms with Crippen LogP contribution in [0.1, 0.15) is 57.1 Å². The molecule has 6 nitrogen and oxygen atoms in total. The van der Waals surface area contributed by atoms with Crippen molar-refractivity contribution >= 4 is 23.2 Å². The maximum Gasteiger partial charge on any atom is 0.270 e. The molecule has 1 aromatic heterocycles. The predicted octanol–water partition coefficient (Wildman–Crippen LogP) is 4.64. The first-order chi connectivity index (χ1) is 16.0. The number of aryl methyl sites for hydroxylation is 1. The van der Waals surface area contributed by atoms with Crippen LogP contribution in [0.5, 0.6) is 5.75 Å². The Balaban J connectivity index is 1.22. The fourth-order valence-corrected chi connectivity index (χ4v) is 4.48. The third kappa shape index (κ3) is 6.16. The lowest BCUT2D eigenvalue weighted by Gasteiger charge is -2.29. The molecule has 0 aliphatic heterocycles. The van der Waals surface area contributed by atoms with Gasteiger partial charge in [0.25, 0.3) is 11.8 Å². The molecule has 0 saturated heterocycles. The first kappa shape index (κ1) is 22.9. The Hall–Kier alpha value is -3.26. The molecule has 1 heterocycles. The number of halogens is 1. The first-order valence-corrected chi connectivity index (χ1v) is 11.9. The standard InChI is InChI=1S/C25H26FN3O3S/c1-16-6-8-17(9-7-16)24(30)27-18-10-12-19(13-11-18)28-25(31)21-15-33-23(29-21)14-32-22-5-3-2-4-20(22)26/h2-9,15,18-19H,10-14H2,1H3,(H,27,30)(H,28,31). The fourth-order valence-electron chi connectivity index (χ4n) is 3.80. The number of carbonyl (C=O) groups is 2. The summed E-state index contributed by atoms with van der Waals surface area (Å²) in [5, 5.41) is 8.41. The van der Waals surface area contributed by atoms with Crippen LogP contribution in [-0.4, -0.2) is 28.9 Å². The van der Waals surface area contributed by atoms with Crippen molar-refractivity contribution in [2.45, 2.75) is 51.3 Å². The molecule has 2 N–H and O–H groups in total. The van der Waals surface area contributed by atoms with Crippen molar-refractivity contribution in [2.75, 3.05) is 0 Å². The summed E-state index contributed by atoms with van der Waals surface area (Å²) in [4.78, 5) is 29.3. The van der Waals surface area contributed by atoms with E-state index in [1.807, 2.05) is 31.2 Å². The topological polar surface area (TPSA) is 80.3 Å². The molecule has 8 heteroatoms. The molecule has 2 aromatic carbocycles. The number of carbonyl (C=O) groups excluding carboxylic acids is 2. The largest absolute Gasteiger partial charge is 0.483 e. The molecule has 0 unspecified atom stereocenters. The Morgan fingerprint density at radius 1 is 1.00 bits per heavy atom. The normalized spacial score (nSPS) is 17.9. The fraction of sp³-hybridized carbons (Fsp3) is 0.320. The van der Waals surface area contributed by atoms with Crippen molar-refractivity contribution < 1.29 is 18.7 Å². The highest BCUT2D eigenvalue weighted by atomic mass is 32.1. The maximum atomic E-state index is 13.7. The third-order valence-corrected chi connectivity index (χ3v) is 6.51. The van der Waals surface area contributed by atoms with Crippen LogP contribution < -0.4 is 15.4 Å². The second-order valence-corrected chi connectivity index (χ2v) is 9.15. The van der Waals surface area contributed by atoms with Crippen LogP contribution in [0.25, 0.3) is 0 Å². The van der Waals surface area contributed by atoms with E-state index in [2.05, 4.69) is 15.6 Å².